The largest absolute Gasteiger partial charge is 0.298 e. The minimum Gasteiger partial charge on any atom is -0.298 e. The summed E-state index contributed by atoms with van der Waals surface area (Å²) in [7, 11) is 0. The summed E-state index contributed by atoms with van der Waals surface area (Å²) in [5.74, 6) is -0.544. The molecule has 0 aliphatic rings. The molecule has 1 heterocycles. The van der Waals surface area contributed by atoms with Crippen LogP contribution < -0.4 is 5.32 Å². The highest BCUT2D eigenvalue weighted by Crippen LogP contribution is 2.26. The Labute approximate surface area is 125 Å². The van der Waals surface area contributed by atoms with Gasteiger partial charge in [0.15, 0.2) is 5.13 Å². The normalized spacial score (nSPS) is 10.8. The smallest absolute Gasteiger partial charge is 0.257 e. The van der Waals surface area contributed by atoms with E-state index in [4.69, 9.17) is 0 Å². The number of benzene rings is 2. The molecule has 0 saturated heterocycles. The number of aromatic nitrogens is 1. The average molecular weight is 300 g/mol. The van der Waals surface area contributed by atoms with E-state index in [1.54, 1.807) is 12.1 Å². The van der Waals surface area contributed by atoms with Crippen molar-refractivity contribution in [3.05, 3.63) is 58.9 Å². The molecule has 106 valence electrons. The van der Waals surface area contributed by atoms with Gasteiger partial charge in [0.05, 0.1) is 10.2 Å². The van der Waals surface area contributed by atoms with Crippen molar-refractivity contribution >= 4 is 32.6 Å². The molecule has 1 amide bonds. The van der Waals surface area contributed by atoms with Gasteiger partial charge in [-0.1, -0.05) is 17.4 Å². The number of aryl methyl sites for hydroxylation is 2. The zero-order valence-electron chi connectivity index (χ0n) is 11.6. The van der Waals surface area contributed by atoms with Gasteiger partial charge in [0, 0.05) is 11.6 Å². The predicted octanol–water partition coefficient (Wildman–Crippen LogP) is 4.30. The number of rotatable bonds is 2. The van der Waals surface area contributed by atoms with Crippen LogP contribution in [0.2, 0.25) is 0 Å². The summed E-state index contributed by atoms with van der Waals surface area (Å²) >= 11 is 1.33. The van der Waals surface area contributed by atoms with Crippen LogP contribution in [0.3, 0.4) is 0 Å². The van der Waals surface area contributed by atoms with E-state index in [9.17, 15) is 9.18 Å². The molecule has 3 nitrogen and oxygen atoms in total. The van der Waals surface area contributed by atoms with Crippen LogP contribution in [0.25, 0.3) is 10.2 Å². The molecule has 0 aliphatic carbocycles. The third kappa shape index (κ3) is 2.78. The van der Waals surface area contributed by atoms with Gasteiger partial charge in [-0.25, -0.2) is 9.37 Å². The number of nitrogens with one attached hydrogen (secondary N) is 1. The van der Waals surface area contributed by atoms with Crippen molar-refractivity contribution < 1.29 is 9.18 Å². The summed E-state index contributed by atoms with van der Waals surface area (Å²) in [6.07, 6.45) is 0. The molecule has 0 aliphatic heterocycles. The quantitative estimate of drug-likeness (QED) is 0.766. The number of hydrogen-bond donors (Lipinski definition) is 1. The molecular weight excluding hydrogens is 287 g/mol. The second kappa shape index (κ2) is 5.26. The molecule has 1 N–H and O–H groups in total. The zero-order valence-corrected chi connectivity index (χ0v) is 12.4. The second-order valence-electron chi connectivity index (χ2n) is 4.88. The number of hydrogen-bond acceptors (Lipinski definition) is 3. The van der Waals surface area contributed by atoms with Crippen LogP contribution in [0.5, 0.6) is 0 Å². The maximum absolute atomic E-state index is 13.1. The van der Waals surface area contributed by atoms with Gasteiger partial charge in [-0.15, -0.1) is 0 Å². The molecular formula is C16H13FN2OS. The van der Waals surface area contributed by atoms with E-state index in [0.29, 0.717) is 16.2 Å². The van der Waals surface area contributed by atoms with E-state index < -0.39 is 0 Å². The zero-order chi connectivity index (χ0) is 15.0. The highest BCUT2D eigenvalue weighted by atomic mass is 32.1. The molecule has 1 aromatic heterocycles. The van der Waals surface area contributed by atoms with E-state index in [-0.39, 0.29) is 11.7 Å². The predicted molar refractivity (Wildman–Crippen MR) is 83.4 cm³/mol. The molecule has 3 aromatic rings. The Morgan fingerprint density at radius 1 is 1.14 bits per heavy atom. The molecule has 0 unspecified atom stereocenters. The second-order valence-corrected chi connectivity index (χ2v) is 5.91. The first-order chi connectivity index (χ1) is 10.0. The van der Waals surface area contributed by atoms with Gasteiger partial charge in [-0.2, -0.15) is 0 Å². The van der Waals surface area contributed by atoms with Gasteiger partial charge < -0.3 is 0 Å². The monoisotopic (exact) mass is 300 g/mol. The number of carbonyl (C=O) groups is 1. The summed E-state index contributed by atoms with van der Waals surface area (Å²) in [6.45, 7) is 3.96. The fourth-order valence-electron chi connectivity index (χ4n) is 2.01. The Balaban J connectivity index is 1.87. The standard InChI is InChI=1S/C16H13FN2OS/c1-9-3-4-11(7-10(9)2)15(20)19-16-18-13-8-12(17)5-6-14(13)21-16/h3-8H,1-2H3,(H,18,19,20). The van der Waals surface area contributed by atoms with Crippen molar-refractivity contribution in [1.82, 2.24) is 4.98 Å². The first kappa shape index (κ1) is 13.7. The van der Waals surface area contributed by atoms with Crippen LogP contribution in [0.1, 0.15) is 21.5 Å². The summed E-state index contributed by atoms with van der Waals surface area (Å²) in [4.78, 5) is 16.4. The van der Waals surface area contributed by atoms with E-state index in [0.717, 1.165) is 15.8 Å². The summed E-state index contributed by atoms with van der Waals surface area (Å²) < 4.78 is 14.0. The van der Waals surface area contributed by atoms with Crippen LogP contribution >= 0.6 is 11.3 Å². The number of fused-ring (bicyclic) bond motifs is 1. The van der Waals surface area contributed by atoms with Crippen LogP contribution in [-0.2, 0) is 0 Å². The van der Waals surface area contributed by atoms with Crippen molar-refractivity contribution in [2.24, 2.45) is 0 Å². The molecule has 0 radical (unpaired) electrons. The maximum atomic E-state index is 13.1. The van der Waals surface area contributed by atoms with Crippen LogP contribution in [0.4, 0.5) is 9.52 Å². The lowest BCUT2D eigenvalue weighted by Gasteiger charge is -2.04. The van der Waals surface area contributed by atoms with Crippen molar-refractivity contribution in [3.8, 4) is 0 Å². The number of nitrogens with zero attached hydrogens (tertiary/aromatic N) is 1. The number of amides is 1. The highest BCUT2D eigenvalue weighted by molar-refractivity contribution is 7.22. The van der Waals surface area contributed by atoms with Crippen molar-refractivity contribution in [2.75, 3.05) is 5.32 Å². The molecule has 0 bridgehead atoms. The van der Waals surface area contributed by atoms with Gasteiger partial charge >= 0.3 is 0 Å². The molecule has 0 spiro atoms. The van der Waals surface area contributed by atoms with Crippen molar-refractivity contribution in [3.63, 3.8) is 0 Å². The van der Waals surface area contributed by atoms with Gasteiger partial charge in [0.2, 0.25) is 0 Å². The van der Waals surface area contributed by atoms with Crippen molar-refractivity contribution in [1.29, 1.82) is 0 Å². The average Bonchev–Trinajstić information content (AvgIpc) is 2.83. The summed E-state index contributed by atoms with van der Waals surface area (Å²) in [5, 5.41) is 3.23. The van der Waals surface area contributed by atoms with Gasteiger partial charge in [0.1, 0.15) is 5.82 Å². The lowest BCUT2D eigenvalue weighted by molar-refractivity contribution is 0.102. The SMILES string of the molecule is Cc1ccc(C(=O)Nc2nc3cc(F)ccc3s2)cc1C. The van der Waals surface area contributed by atoms with E-state index in [1.807, 2.05) is 26.0 Å². The molecule has 3 rings (SSSR count). The Kier molecular flexibility index (Phi) is 3.43. The van der Waals surface area contributed by atoms with Gasteiger partial charge in [-0.3, -0.25) is 10.1 Å². The van der Waals surface area contributed by atoms with E-state index in [1.165, 1.54) is 23.5 Å². The lowest BCUT2D eigenvalue weighted by atomic mass is 10.1. The Morgan fingerprint density at radius 2 is 1.95 bits per heavy atom. The number of anilines is 1. The van der Waals surface area contributed by atoms with Gasteiger partial charge in [0.25, 0.3) is 5.91 Å². The highest BCUT2D eigenvalue weighted by Gasteiger charge is 2.11. The first-order valence-corrected chi connectivity index (χ1v) is 7.29. The topological polar surface area (TPSA) is 42.0 Å². The van der Waals surface area contributed by atoms with E-state index >= 15 is 0 Å². The molecule has 5 heteroatoms. The third-order valence-electron chi connectivity index (χ3n) is 3.34. The number of thiazole rings is 1. The fourth-order valence-corrected chi connectivity index (χ4v) is 2.85. The molecule has 0 atom stereocenters. The fraction of sp³-hybridized carbons (Fsp3) is 0.125. The Bertz CT molecular complexity index is 841. The molecule has 0 saturated carbocycles. The minimum absolute atomic E-state index is 0.211. The summed E-state index contributed by atoms with van der Waals surface area (Å²) in [6, 6.07) is 9.95. The third-order valence-corrected chi connectivity index (χ3v) is 4.29. The van der Waals surface area contributed by atoms with Crippen molar-refractivity contribution in [2.45, 2.75) is 13.8 Å². The number of halogens is 1. The first-order valence-electron chi connectivity index (χ1n) is 6.47. The number of carbonyl (C=O) groups excluding carboxylic acids is 1. The Morgan fingerprint density at radius 3 is 2.71 bits per heavy atom. The minimum atomic E-state index is -0.333. The summed E-state index contributed by atoms with van der Waals surface area (Å²) in [5.41, 5.74) is 3.34. The Hall–Kier alpha value is -2.27. The molecule has 2 aromatic carbocycles. The lowest BCUT2D eigenvalue weighted by Crippen LogP contribution is -2.11. The maximum Gasteiger partial charge on any atom is 0.257 e. The van der Waals surface area contributed by atoms with Crippen LogP contribution in [0, 0.1) is 19.7 Å². The molecule has 21 heavy (non-hydrogen) atoms. The van der Waals surface area contributed by atoms with Crippen LogP contribution in [0.15, 0.2) is 36.4 Å². The van der Waals surface area contributed by atoms with E-state index in [2.05, 4.69) is 10.3 Å². The van der Waals surface area contributed by atoms with Crippen LogP contribution in [-0.4, -0.2) is 10.9 Å². The van der Waals surface area contributed by atoms with Gasteiger partial charge in [-0.05, 0) is 49.2 Å². The molecule has 0 fully saturated rings.